The van der Waals surface area contributed by atoms with Crippen molar-refractivity contribution in [3.63, 3.8) is 0 Å². The van der Waals surface area contributed by atoms with Crippen LogP contribution in [0.3, 0.4) is 0 Å². The van der Waals surface area contributed by atoms with E-state index in [2.05, 4.69) is 10.0 Å². The maximum atomic E-state index is 13.0. The average molecular weight is 456 g/mol. The molecule has 0 saturated heterocycles. The van der Waals surface area contributed by atoms with Crippen LogP contribution in [0.4, 0.5) is 5.69 Å². The fourth-order valence-corrected chi connectivity index (χ4v) is 4.91. The van der Waals surface area contributed by atoms with Crippen molar-refractivity contribution in [1.29, 1.82) is 0 Å². The molecule has 1 amide bonds. The van der Waals surface area contributed by atoms with Crippen LogP contribution >= 0.6 is 11.6 Å². The number of anilines is 1. The summed E-state index contributed by atoms with van der Waals surface area (Å²) in [6.45, 7) is 8.60. The predicted octanol–water partition coefficient (Wildman–Crippen LogP) is 3.18. The molecule has 2 rings (SSSR count). The molecule has 0 spiro atoms. The molecule has 2 N–H and O–H groups in total. The standard InChI is InChI=1S/C20H26ClN3O5S/c1-6-24-13(4)18(20(26)29-7-2)19(14(24)5)30(27,28)22-11-17(25)23-16-10-8-9-15(21)12(16)3/h8-10,22H,6-7,11H2,1-5H3,(H,23,25). The monoisotopic (exact) mass is 455 g/mol. The summed E-state index contributed by atoms with van der Waals surface area (Å²) >= 11 is 6.04. The second-order valence-corrected chi connectivity index (χ2v) is 8.74. The smallest absolute Gasteiger partial charge is 0.341 e. The van der Waals surface area contributed by atoms with Crippen LogP contribution in [-0.4, -0.2) is 38.0 Å². The van der Waals surface area contributed by atoms with Gasteiger partial charge in [0.1, 0.15) is 10.5 Å². The van der Waals surface area contributed by atoms with Crippen LogP contribution in [0.1, 0.15) is 41.2 Å². The van der Waals surface area contributed by atoms with E-state index in [1.54, 1.807) is 50.5 Å². The minimum atomic E-state index is -4.16. The molecule has 0 aliphatic carbocycles. The molecule has 2 aromatic rings. The van der Waals surface area contributed by atoms with Crippen LogP contribution in [0.2, 0.25) is 5.02 Å². The highest BCUT2D eigenvalue weighted by molar-refractivity contribution is 7.89. The molecule has 1 aromatic heterocycles. The van der Waals surface area contributed by atoms with E-state index in [0.717, 1.165) is 0 Å². The molecule has 1 heterocycles. The number of amides is 1. The van der Waals surface area contributed by atoms with Crippen LogP contribution in [-0.2, 0) is 26.1 Å². The van der Waals surface area contributed by atoms with Gasteiger partial charge >= 0.3 is 5.97 Å². The summed E-state index contributed by atoms with van der Waals surface area (Å²) < 4.78 is 35.1. The molecule has 0 fully saturated rings. The zero-order chi connectivity index (χ0) is 22.6. The number of aromatic nitrogens is 1. The fourth-order valence-electron chi connectivity index (χ4n) is 3.27. The molecule has 10 heteroatoms. The molecule has 0 saturated carbocycles. The number of nitrogens with zero attached hydrogens (tertiary/aromatic N) is 1. The molecule has 0 unspecified atom stereocenters. The molecule has 0 bridgehead atoms. The molecule has 0 aliphatic heterocycles. The Kier molecular flexibility index (Phi) is 7.68. The van der Waals surface area contributed by atoms with Gasteiger partial charge in [0.15, 0.2) is 0 Å². The summed E-state index contributed by atoms with van der Waals surface area (Å²) in [6, 6.07) is 5.04. The number of benzene rings is 1. The minimum Gasteiger partial charge on any atom is -0.462 e. The first-order valence-corrected chi connectivity index (χ1v) is 11.3. The lowest BCUT2D eigenvalue weighted by Crippen LogP contribution is -2.34. The third kappa shape index (κ3) is 4.85. The van der Waals surface area contributed by atoms with Gasteiger partial charge in [0.2, 0.25) is 15.9 Å². The number of rotatable bonds is 8. The maximum Gasteiger partial charge on any atom is 0.341 e. The van der Waals surface area contributed by atoms with Crippen LogP contribution in [0.25, 0.3) is 0 Å². The molecule has 0 atom stereocenters. The lowest BCUT2D eigenvalue weighted by Gasteiger charge is -2.11. The van der Waals surface area contributed by atoms with Gasteiger partial charge in [-0.2, -0.15) is 0 Å². The van der Waals surface area contributed by atoms with Gasteiger partial charge in [-0.15, -0.1) is 0 Å². The SMILES string of the molecule is CCOC(=O)c1c(S(=O)(=O)NCC(=O)Nc2cccc(Cl)c2C)c(C)n(CC)c1C. The third-order valence-electron chi connectivity index (χ3n) is 4.76. The summed E-state index contributed by atoms with van der Waals surface area (Å²) in [5.41, 5.74) is 2.04. The van der Waals surface area contributed by atoms with Gasteiger partial charge in [-0.25, -0.2) is 17.9 Å². The average Bonchev–Trinajstić information content (AvgIpc) is 2.94. The summed E-state index contributed by atoms with van der Waals surface area (Å²) in [6.07, 6.45) is 0. The second kappa shape index (κ2) is 9.63. The summed E-state index contributed by atoms with van der Waals surface area (Å²) in [5.74, 6) is -1.28. The van der Waals surface area contributed by atoms with Crippen LogP contribution < -0.4 is 10.0 Å². The van der Waals surface area contributed by atoms with E-state index >= 15 is 0 Å². The first-order valence-electron chi connectivity index (χ1n) is 9.46. The number of carbonyl (C=O) groups is 2. The molecule has 8 nitrogen and oxygen atoms in total. The number of nitrogens with one attached hydrogen (secondary N) is 2. The number of sulfonamides is 1. The van der Waals surface area contributed by atoms with Crippen molar-refractivity contribution in [3.05, 3.63) is 45.7 Å². The lowest BCUT2D eigenvalue weighted by atomic mass is 10.2. The highest BCUT2D eigenvalue weighted by Crippen LogP contribution is 2.28. The van der Waals surface area contributed by atoms with Gasteiger partial charge in [0, 0.05) is 28.6 Å². The lowest BCUT2D eigenvalue weighted by molar-refractivity contribution is -0.115. The normalized spacial score (nSPS) is 11.4. The van der Waals surface area contributed by atoms with Gasteiger partial charge in [-0.05, 0) is 52.3 Å². The molecule has 0 radical (unpaired) electrons. The first kappa shape index (κ1) is 23.9. The van der Waals surface area contributed by atoms with Crippen LogP contribution in [0, 0.1) is 20.8 Å². The third-order valence-corrected chi connectivity index (χ3v) is 6.73. The van der Waals surface area contributed by atoms with E-state index in [1.807, 2.05) is 6.92 Å². The first-order chi connectivity index (χ1) is 14.0. The Morgan fingerprint density at radius 2 is 1.80 bits per heavy atom. The Morgan fingerprint density at radius 3 is 2.40 bits per heavy atom. The van der Waals surface area contributed by atoms with E-state index in [-0.39, 0.29) is 17.1 Å². The molecular formula is C20H26ClN3O5S. The van der Waals surface area contributed by atoms with E-state index in [4.69, 9.17) is 16.3 Å². The zero-order valence-electron chi connectivity index (χ0n) is 17.6. The summed E-state index contributed by atoms with van der Waals surface area (Å²) in [5, 5.41) is 3.11. The van der Waals surface area contributed by atoms with Gasteiger partial charge in [0.05, 0.1) is 13.2 Å². The Bertz CT molecular complexity index is 1080. The molecule has 0 aliphatic rings. The number of ether oxygens (including phenoxy) is 1. The summed E-state index contributed by atoms with van der Waals surface area (Å²) in [4.78, 5) is 24.6. The number of esters is 1. The van der Waals surface area contributed by atoms with Gasteiger partial charge in [-0.1, -0.05) is 17.7 Å². The Balaban J connectivity index is 2.30. The van der Waals surface area contributed by atoms with Gasteiger partial charge < -0.3 is 14.6 Å². The highest BCUT2D eigenvalue weighted by Gasteiger charge is 2.32. The Hall–Kier alpha value is -2.36. The van der Waals surface area contributed by atoms with E-state index in [0.29, 0.717) is 34.2 Å². The number of hydrogen-bond donors (Lipinski definition) is 2. The molecule has 164 valence electrons. The van der Waals surface area contributed by atoms with Crippen molar-refractivity contribution in [2.75, 3.05) is 18.5 Å². The van der Waals surface area contributed by atoms with Crippen molar-refractivity contribution < 1.29 is 22.7 Å². The Labute approximate surface area is 181 Å². The molecule has 1 aromatic carbocycles. The maximum absolute atomic E-state index is 13.0. The van der Waals surface area contributed by atoms with Crippen molar-refractivity contribution in [1.82, 2.24) is 9.29 Å². The van der Waals surface area contributed by atoms with Crippen molar-refractivity contribution in [2.24, 2.45) is 0 Å². The predicted molar refractivity (Wildman–Crippen MR) is 116 cm³/mol. The van der Waals surface area contributed by atoms with Crippen molar-refractivity contribution in [3.8, 4) is 0 Å². The number of hydrogen-bond acceptors (Lipinski definition) is 5. The fraction of sp³-hybridized carbons (Fsp3) is 0.400. The van der Waals surface area contributed by atoms with E-state index in [1.165, 1.54) is 0 Å². The molecular weight excluding hydrogens is 430 g/mol. The number of carbonyl (C=O) groups excluding carboxylic acids is 2. The van der Waals surface area contributed by atoms with Crippen LogP contribution in [0.5, 0.6) is 0 Å². The Morgan fingerprint density at radius 1 is 1.13 bits per heavy atom. The zero-order valence-corrected chi connectivity index (χ0v) is 19.2. The van der Waals surface area contributed by atoms with Gasteiger partial charge in [-0.3, -0.25) is 4.79 Å². The topological polar surface area (TPSA) is 106 Å². The van der Waals surface area contributed by atoms with Gasteiger partial charge in [0.25, 0.3) is 0 Å². The number of halogens is 1. The van der Waals surface area contributed by atoms with Crippen molar-refractivity contribution >= 4 is 39.2 Å². The minimum absolute atomic E-state index is 0.0187. The quantitative estimate of drug-likeness (QED) is 0.594. The van der Waals surface area contributed by atoms with E-state index < -0.39 is 28.4 Å². The highest BCUT2D eigenvalue weighted by atomic mass is 35.5. The van der Waals surface area contributed by atoms with Crippen molar-refractivity contribution in [2.45, 2.75) is 46.1 Å². The molecule has 30 heavy (non-hydrogen) atoms. The summed E-state index contributed by atoms with van der Waals surface area (Å²) in [7, 11) is -4.16. The largest absolute Gasteiger partial charge is 0.462 e. The van der Waals surface area contributed by atoms with E-state index in [9.17, 15) is 18.0 Å². The van der Waals surface area contributed by atoms with Crippen LogP contribution in [0.15, 0.2) is 23.1 Å². The second-order valence-electron chi connectivity index (χ2n) is 6.62.